The molecular formula is C25H20AsINO2+. The summed E-state index contributed by atoms with van der Waals surface area (Å²) in [6.07, 6.45) is 0. The monoisotopic (exact) mass is 568 g/mol. The molecule has 0 heterocycles. The molecule has 0 N–H and O–H groups in total. The minimum atomic E-state index is -2.98. The van der Waals surface area contributed by atoms with Crippen LogP contribution in [0.25, 0.3) is 0 Å². The zero-order valence-electron chi connectivity index (χ0n) is 16.1. The van der Waals surface area contributed by atoms with Crippen LogP contribution < -0.4 is 13.1 Å². The minimum absolute atomic E-state index is 0.123. The molecule has 0 aliphatic heterocycles. The Kier molecular flexibility index (Phi) is 6.35. The van der Waals surface area contributed by atoms with Crippen LogP contribution in [-0.4, -0.2) is 18.5 Å². The van der Waals surface area contributed by atoms with Gasteiger partial charge >= 0.3 is 193 Å². The fraction of sp³-hybridized carbons (Fsp3) is 0.0400. The number of hydrogen-bond acceptors (Lipinski definition) is 2. The number of nitrogens with zero attached hydrogens (tertiary/aromatic N) is 1. The first kappa shape index (κ1) is 20.8. The molecule has 4 aromatic rings. The van der Waals surface area contributed by atoms with Gasteiger partial charge in [0, 0.05) is 0 Å². The van der Waals surface area contributed by atoms with Gasteiger partial charge in [0.2, 0.25) is 0 Å². The number of hydrogen-bond donors (Lipinski definition) is 0. The van der Waals surface area contributed by atoms with Crippen molar-refractivity contribution in [2.75, 3.05) is 0 Å². The van der Waals surface area contributed by atoms with E-state index in [0.717, 1.165) is 5.56 Å². The summed E-state index contributed by atoms with van der Waals surface area (Å²) < 4.78 is 4.23. The van der Waals surface area contributed by atoms with Crippen LogP contribution in [-0.2, 0) is 0 Å². The van der Waals surface area contributed by atoms with Crippen LogP contribution >= 0.6 is 22.6 Å². The van der Waals surface area contributed by atoms with Gasteiger partial charge in [-0.2, -0.15) is 0 Å². The second-order valence-corrected chi connectivity index (χ2v) is 17.7. The number of rotatable bonds is 6. The van der Waals surface area contributed by atoms with E-state index in [-0.39, 0.29) is 13.3 Å². The van der Waals surface area contributed by atoms with Crippen LogP contribution in [0.15, 0.2) is 115 Å². The standard InChI is InChI=1S/C25H20AsINO2/c27-25(20-16-18-24(19-17-20)28(29)30)26(21-10-4-1-5-11-21,22-12-6-2-7-13-22)23-14-8-3-9-15-23/h1-19,25H/q+1. The predicted molar refractivity (Wildman–Crippen MR) is 134 cm³/mol. The van der Waals surface area contributed by atoms with Crippen LogP contribution in [0, 0.1) is 10.1 Å². The Morgan fingerprint density at radius 1 is 0.633 bits per heavy atom. The van der Waals surface area contributed by atoms with Crippen molar-refractivity contribution in [2.45, 2.75) is 2.71 Å². The fourth-order valence-electron chi connectivity index (χ4n) is 3.81. The molecule has 0 saturated heterocycles. The van der Waals surface area contributed by atoms with Crippen molar-refractivity contribution in [3.05, 3.63) is 131 Å². The molecule has 0 fully saturated rings. The predicted octanol–water partition coefficient (Wildman–Crippen LogP) is 4.78. The van der Waals surface area contributed by atoms with Crippen molar-refractivity contribution < 1.29 is 4.92 Å². The van der Waals surface area contributed by atoms with Crippen LogP contribution in [0.4, 0.5) is 5.69 Å². The van der Waals surface area contributed by atoms with Gasteiger partial charge in [0.1, 0.15) is 0 Å². The van der Waals surface area contributed by atoms with Gasteiger partial charge in [-0.3, -0.25) is 0 Å². The molecule has 0 spiro atoms. The number of halogens is 1. The maximum atomic E-state index is 11.2. The molecular weight excluding hydrogens is 548 g/mol. The molecule has 0 amide bonds. The van der Waals surface area contributed by atoms with Gasteiger partial charge in [0.15, 0.2) is 0 Å². The number of benzene rings is 4. The topological polar surface area (TPSA) is 43.1 Å². The second-order valence-electron chi connectivity index (χ2n) is 6.91. The van der Waals surface area contributed by atoms with Gasteiger partial charge in [0.05, 0.1) is 0 Å². The molecule has 30 heavy (non-hydrogen) atoms. The number of non-ortho nitro benzene ring substituents is 1. The normalized spacial score (nSPS) is 12.3. The number of nitro groups is 1. The molecule has 1 unspecified atom stereocenters. The third-order valence-electron chi connectivity index (χ3n) is 5.21. The molecule has 148 valence electrons. The average Bonchev–Trinajstić information content (AvgIpc) is 2.82. The quantitative estimate of drug-likeness (QED) is 0.111. The van der Waals surface area contributed by atoms with Gasteiger partial charge < -0.3 is 0 Å². The Hall–Kier alpha value is -2.43. The van der Waals surface area contributed by atoms with Crippen LogP contribution in [0.2, 0.25) is 0 Å². The Bertz CT molecular complexity index is 1020. The van der Waals surface area contributed by atoms with E-state index in [1.165, 1.54) is 13.1 Å². The molecule has 3 nitrogen and oxygen atoms in total. The third kappa shape index (κ3) is 3.82. The van der Waals surface area contributed by atoms with E-state index in [0.29, 0.717) is 0 Å². The molecule has 0 bridgehead atoms. The molecule has 0 radical (unpaired) electrons. The molecule has 5 heteroatoms. The number of nitro benzene ring substituents is 1. The van der Waals surface area contributed by atoms with Crippen molar-refractivity contribution >= 4 is 54.9 Å². The SMILES string of the molecule is O=[N+]([O-])c1ccc(C(I)[As+](c2ccccc2)(c2ccccc2)c2ccccc2)cc1. The van der Waals surface area contributed by atoms with Crippen molar-refractivity contribution in [3.63, 3.8) is 0 Å². The summed E-state index contributed by atoms with van der Waals surface area (Å²) in [4.78, 5) is 10.8. The van der Waals surface area contributed by atoms with E-state index < -0.39 is 13.6 Å². The second kappa shape index (κ2) is 9.15. The Morgan fingerprint density at radius 2 is 1.00 bits per heavy atom. The van der Waals surface area contributed by atoms with E-state index in [1.807, 2.05) is 12.1 Å². The summed E-state index contributed by atoms with van der Waals surface area (Å²) in [5.41, 5.74) is 1.24. The summed E-state index contributed by atoms with van der Waals surface area (Å²) >= 11 is -0.411. The first-order chi connectivity index (χ1) is 14.6. The maximum absolute atomic E-state index is 11.2. The van der Waals surface area contributed by atoms with Crippen molar-refractivity contribution in [1.82, 2.24) is 0 Å². The van der Waals surface area contributed by atoms with Gasteiger partial charge in [-0.25, -0.2) is 0 Å². The van der Waals surface area contributed by atoms with Gasteiger partial charge in [-0.05, 0) is 0 Å². The molecule has 0 saturated carbocycles. The summed E-state index contributed by atoms with van der Waals surface area (Å²) in [5.74, 6) is 0. The van der Waals surface area contributed by atoms with E-state index in [4.69, 9.17) is 0 Å². The molecule has 4 rings (SSSR count). The molecule has 4 aromatic carbocycles. The van der Waals surface area contributed by atoms with Gasteiger partial charge in [0.25, 0.3) is 0 Å². The first-order valence-corrected chi connectivity index (χ1v) is 14.7. The average molecular weight is 568 g/mol. The summed E-state index contributed by atoms with van der Waals surface area (Å²) in [7, 11) is 0. The van der Waals surface area contributed by atoms with E-state index in [9.17, 15) is 10.1 Å². The first-order valence-electron chi connectivity index (χ1n) is 9.58. The third-order valence-corrected chi connectivity index (χ3v) is 19.3. The van der Waals surface area contributed by atoms with Crippen LogP contribution in [0.1, 0.15) is 8.28 Å². The Balaban J connectivity index is 2.00. The Labute approximate surface area is 192 Å². The Morgan fingerprint density at radius 3 is 1.33 bits per heavy atom. The zero-order chi connectivity index (χ0) is 21.0. The van der Waals surface area contributed by atoms with Crippen molar-refractivity contribution in [2.24, 2.45) is 0 Å². The molecule has 0 aliphatic rings. The zero-order valence-corrected chi connectivity index (χ0v) is 20.2. The molecule has 0 aromatic heterocycles. The summed E-state index contributed by atoms with van der Waals surface area (Å²) in [6, 6.07) is 39.3. The molecule has 1 atom stereocenters. The van der Waals surface area contributed by atoms with Gasteiger partial charge in [-0.1, -0.05) is 0 Å². The van der Waals surface area contributed by atoms with Crippen LogP contribution in [0.3, 0.4) is 0 Å². The van der Waals surface area contributed by atoms with E-state index >= 15 is 0 Å². The van der Waals surface area contributed by atoms with Gasteiger partial charge in [-0.15, -0.1) is 0 Å². The summed E-state index contributed by atoms with van der Waals surface area (Å²) in [6.45, 7) is 0. The van der Waals surface area contributed by atoms with E-state index in [2.05, 4.69) is 114 Å². The van der Waals surface area contributed by atoms with Crippen molar-refractivity contribution in [1.29, 1.82) is 0 Å². The fourth-order valence-corrected chi connectivity index (χ4v) is 18.1. The van der Waals surface area contributed by atoms with Crippen LogP contribution in [0.5, 0.6) is 0 Å². The van der Waals surface area contributed by atoms with E-state index in [1.54, 1.807) is 12.1 Å². The summed E-state index contributed by atoms with van der Waals surface area (Å²) in [5, 5.41) is 11.2. The number of alkyl halides is 1. The van der Waals surface area contributed by atoms with Crippen molar-refractivity contribution in [3.8, 4) is 0 Å². The molecule has 0 aliphatic carbocycles.